The summed E-state index contributed by atoms with van der Waals surface area (Å²) in [6.45, 7) is 0.776. The van der Waals surface area contributed by atoms with Gasteiger partial charge in [0.25, 0.3) is 0 Å². The summed E-state index contributed by atoms with van der Waals surface area (Å²) in [4.78, 5) is 11.2. The second-order valence-electron chi connectivity index (χ2n) is 2.67. The molecule has 1 N–H and O–H groups in total. The fourth-order valence-electron chi connectivity index (χ4n) is 0.903. The number of benzene rings is 1. The van der Waals surface area contributed by atoms with E-state index < -0.39 is 0 Å². The summed E-state index contributed by atoms with van der Waals surface area (Å²) >= 11 is 0. The van der Waals surface area contributed by atoms with Gasteiger partial charge in [-0.1, -0.05) is 18.2 Å². The monoisotopic (exact) mass is 163 g/mol. The molecular weight excluding hydrogens is 154 g/mol. The Hall–Kier alpha value is -1.35. The molecule has 3 nitrogen and oxygen atoms in total. The smallest absolute Gasteiger partial charge is 0.339 e. The molecule has 1 unspecified atom stereocenters. The summed E-state index contributed by atoms with van der Waals surface area (Å²) in [7, 11) is 0. The minimum absolute atomic E-state index is 0.0577. The molecule has 0 spiro atoms. The van der Waals surface area contributed by atoms with Crippen LogP contribution in [0.5, 0.6) is 0 Å². The Kier molecular flexibility index (Phi) is 1.80. The van der Waals surface area contributed by atoms with Crippen LogP contribution in [0.15, 0.2) is 30.3 Å². The van der Waals surface area contributed by atoms with E-state index in [1.807, 2.05) is 18.2 Å². The molecule has 2 rings (SSSR count). The zero-order valence-electron chi connectivity index (χ0n) is 6.49. The number of hydrogen-bond acceptors (Lipinski definition) is 3. The maximum absolute atomic E-state index is 11.2. The van der Waals surface area contributed by atoms with Gasteiger partial charge in [0.15, 0.2) is 6.23 Å². The standard InChI is InChI=1S/C9H9NO2/c11-9(12-8-6-10-8)7-4-2-1-3-5-7/h1-5,8,10H,6H2. The Labute approximate surface area is 70.3 Å². The molecule has 1 aromatic rings. The molecule has 0 bridgehead atoms. The highest BCUT2D eigenvalue weighted by Gasteiger charge is 2.24. The molecule has 12 heavy (non-hydrogen) atoms. The fraction of sp³-hybridized carbons (Fsp3) is 0.222. The lowest BCUT2D eigenvalue weighted by atomic mass is 10.2. The number of esters is 1. The van der Waals surface area contributed by atoms with E-state index in [1.165, 1.54) is 0 Å². The lowest BCUT2D eigenvalue weighted by Gasteiger charge is -1.99. The summed E-state index contributed by atoms with van der Waals surface area (Å²) in [6, 6.07) is 8.98. The molecule has 1 aromatic carbocycles. The number of carbonyl (C=O) groups is 1. The predicted molar refractivity (Wildman–Crippen MR) is 43.6 cm³/mol. The third-order valence-corrected chi connectivity index (χ3v) is 1.63. The third kappa shape index (κ3) is 1.62. The summed E-state index contributed by atoms with van der Waals surface area (Å²) < 4.78 is 5.00. The van der Waals surface area contributed by atoms with E-state index in [1.54, 1.807) is 12.1 Å². The van der Waals surface area contributed by atoms with Crippen molar-refractivity contribution in [3.8, 4) is 0 Å². The van der Waals surface area contributed by atoms with Gasteiger partial charge in [0.2, 0.25) is 0 Å². The normalized spacial score (nSPS) is 20.2. The molecule has 1 aliphatic heterocycles. The van der Waals surface area contributed by atoms with Gasteiger partial charge in [-0.15, -0.1) is 0 Å². The van der Waals surface area contributed by atoms with Crippen molar-refractivity contribution < 1.29 is 9.53 Å². The zero-order valence-corrected chi connectivity index (χ0v) is 6.49. The first-order valence-electron chi connectivity index (χ1n) is 3.86. The van der Waals surface area contributed by atoms with Crippen molar-refractivity contribution in [2.75, 3.05) is 6.54 Å². The van der Waals surface area contributed by atoms with Crippen LogP contribution in [0.25, 0.3) is 0 Å². The van der Waals surface area contributed by atoms with E-state index in [0.29, 0.717) is 5.56 Å². The number of nitrogens with one attached hydrogen (secondary N) is 1. The first-order valence-corrected chi connectivity index (χ1v) is 3.86. The van der Waals surface area contributed by atoms with E-state index in [0.717, 1.165) is 6.54 Å². The Bertz CT molecular complexity index is 280. The molecule has 0 saturated carbocycles. The topological polar surface area (TPSA) is 48.2 Å². The third-order valence-electron chi connectivity index (χ3n) is 1.63. The van der Waals surface area contributed by atoms with E-state index in [-0.39, 0.29) is 12.2 Å². The van der Waals surface area contributed by atoms with Gasteiger partial charge in [0, 0.05) is 6.54 Å². The van der Waals surface area contributed by atoms with Gasteiger partial charge in [-0.2, -0.15) is 0 Å². The highest BCUT2D eigenvalue weighted by atomic mass is 16.6. The second-order valence-corrected chi connectivity index (χ2v) is 2.67. The molecule has 1 saturated heterocycles. The molecule has 1 aliphatic rings. The van der Waals surface area contributed by atoms with Crippen LogP contribution in [0.2, 0.25) is 0 Å². The molecule has 1 heterocycles. The molecular formula is C9H9NO2. The molecule has 0 radical (unpaired) electrons. The SMILES string of the molecule is O=C(OC1CN1)c1ccccc1. The summed E-state index contributed by atoms with van der Waals surface area (Å²) in [5.74, 6) is -0.259. The molecule has 3 heteroatoms. The minimum Gasteiger partial charge on any atom is -0.442 e. The van der Waals surface area contributed by atoms with E-state index in [9.17, 15) is 4.79 Å². The van der Waals surface area contributed by atoms with Gasteiger partial charge in [-0.3, -0.25) is 5.32 Å². The Morgan fingerprint density at radius 2 is 2.08 bits per heavy atom. The Balaban J connectivity index is 2.03. The summed E-state index contributed by atoms with van der Waals surface area (Å²) in [6.07, 6.45) is -0.0577. The van der Waals surface area contributed by atoms with E-state index in [4.69, 9.17) is 4.74 Å². The molecule has 0 aromatic heterocycles. The number of ether oxygens (including phenoxy) is 1. The predicted octanol–water partition coefficient (Wildman–Crippen LogP) is 0.773. The van der Waals surface area contributed by atoms with Crippen molar-refractivity contribution in [3.63, 3.8) is 0 Å². The van der Waals surface area contributed by atoms with Crippen LogP contribution in [0.1, 0.15) is 10.4 Å². The van der Waals surface area contributed by atoms with Crippen LogP contribution in [0, 0.1) is 0 Å². The molecule has 0 aliphatic carbocycles. The van der Waals surface area contributed by atoms with Gasteiger partial charge in [-0.25, -0.2) is 4.79 Å². The second kappa shape index (κ2) is 2.95. The van der Waals surface area contributed by atoms with Crippen LogP contribution >= 0.6 is 0 Å². The van der Waals surface area contributed by atoms with Crippen LogP contribution in [0.3, 0.4) is 0 Å². The summed E-state index contributed by atoms with van der Waals surface area (Å²) in [5.41, 5.74) is 0.603. The molecule has 0 amide bonds. The molecule has 1 atom stereocenters. The Morgan fingerprint density at radius 3 is 2.67 bits per heavy atom. The number of carbonyl (C=O) groups excluding carboxylic acids is 1. The van der Waals surface area contributed by atoms with Gasteiger partial charge in [0.05, 0.1) is 5.56 Å². The van der Waals surface area contributed by atoms with Crippen molar-refractivity contribution in [2.24, 2.45) is 0 Å². The van der Waals surface area contributed by atoms with Crippen molar-refractivity contribution in [2.45, 2.75) is 6.23 Å². The number of rotatable bonds is 2. The van der Waals surface area contributed by atoms with Crippen molar-refractivity contribution >= 4 is 5.97 Å². The van der Waals surface area contributed by atoms with E-state index in [2.05, 4.69) is 5.32 Å². The van der Waals surface area contributed by atoms with Gasteiger partial charge >= 0.3 is 5.97 Å². The number of hydrogen-bond donors (Lipinski definition) is 1. The lowest BCUT2D eigenvalue weighted by Crippen LogP contribution is -2.08. The lowest BCUT2D eigenvalue weighted by molar-refractivity contribution is 0.0466. The van der Waals surface area contributed by atoms with Crippen LogP contribution in [-0.2, 0) is 4.74 Å². The van der Waals surface area contributed by atoms with Crippen LogP contribution < -0.4 is 5.32 Å². The zero-order chi connectivity index (χ0) is 8.39. The van der Waals surface area contributed by atoms with Gasteiger partial charge in [-0.05, 0) is 12.1 Å². The van der Waals surface area contributed by atoms with Gasteiger partial charge < -0.3 is 4.74 Å². The highest BCUT2D eigenvalue weighted by Crippen LogP contribution is 2.06. The molecule has 1 fully saturated rings. The highest BCUT2D eigenvalue weighted by molar-refractivity contribution is 5.89. The van der Waals surface area contributed by atoms with Gasteiger partial charge in [0.1, 0.15) is 0 Å². The maximum Gasteiger partial charge on any atom is 0.339 e. The Morgan fingerprint density at radius 1 is 1.42 bits per heavy atom. The summed E-state index contributed by atoms with van der Waals surface area (Å²) in [5, 5.41) is 2.89. The van der Waals surface area contributed by atoms with Crippen molar-refractivity contribution in [3.05, 3.63) is 35.9 Å². The average Bonchev–Trinajstić information content (AvgIpc) is 2.90. The van der Waals surface area contributed by atoms with Crippen molar-refractivity contribution in [1.29, 1.82) is 0 Å². The van der Waals surface area contributed by atoms with Crippen molar-refractivity contribution in [1.82, 2.24) is 5.32 Å². The fourth-order valence-corrected chi connectivity index (χ4v) is 0.903. The largest absolute Gasteiger partial charge is 0.442 e. The minimum atomic E-state index is -0.259. The van der Waals surface area contributed by atoms with E-state index >= 15 is 0 Å². The molecule has 62 valence electrons. The van der Waals surface area contributed by atoms with Crippen LogP contribution in [-0.4, -0.2) is 18.7 Å². The van der Waals surface area contributed by atoms with Crippen LogP contribution in [0.4, 0.5) is 0 Å². The average molecular weight is 163 g/mol. The maximum atomic E-state index is 11.2. The first-order chi connectivity index (χ1) is 5.86. The quantitative estimate of drug-likeness (QED) is 0.517. The first kappa shape index (κ1) is 7.31.